The molecular formula is C27H28ClF2N4OP. The van der Waals surface area contributed by atoms with Crippen LogP contribution in [0.1, 0.15) is 37.1 Å². The first-order valence-electron chi connectivity index (χ1n) is 11.7. The van der Waals surface area contributed by atoms with E-state index in [1.54, 1.807) is 0 Å². The third-order valence-corrected chi connectivity index (χ3v) is 6.94. The van der Waals surface area contributed by atoms with Crippen LogP contribution in [0.15, 0.2) is 53.8 Å². The zero-order chi connectivity index (χ0) is 25.8. The molecule has 1 atom stereocenters. The van der Waals surface area contributed by atoms with E-state index in [0.717, 1.165) is 29.2 Å². The molecule has 0 saturated carbocycles. The van der Waals surface area contributed by atoms with E-state index in [0.29, 0.717) is 54.1 Å². The van der Waals surface area contributed by atoms with Crippen molar-refractivity contribution in [2.24, 2.45) is 10.9 Å². The van der Waals surface area contributed by atoms with E-state index in [1.807, 2.05) is 31.2 Å². The van der Waals surface area contributed by atoms with Crippen LogP contribution in [0.3, 0.4) is 0 Å². The fourth-order valence-corrected chi connectivity index (χ4v) is 5.12. The number of ether oxygens (including phenoxy) is 1. The minimum atomic E-state index is -0.425. The molecule has 2 aromatic carbocycles. The summed E-state index contributed by atoms with van der Waals surface area (Å²) >= 11 is 6.46. The van der Waals surface area contributed by atoms with Gasteiger partial charge in [0.1, 0.15) is 23.7 Å². The molecule has 0 fully saturated rings. The van der Waals surface area contributed by atoms with Gasteiger partial charge < -0.3 is 4.74 Å². The van der Waals surface area contributed by atoms with Crippen LogP contribution < -0.4 is 4.74 Å². The topological polar surface area (TPSA) is 52.3 Å². The predicted octanol–water partition coefficient (Wildman–Crippen LogP) is 7.49. The first kappa shape index (κ1) is 26.2. The number of para-hydroxylation sites is 1. The maximum absolute atomic E-state index is 14.2. The van der Waals surface area contributed by atoms with Gasteiger partial charge in [-0.2, -0.15) is 5.10 Å². The summed E-state index contributed by atoms with van der Waals surface area (Å²) in [6.07, 6.45) is 3.39. The Kier molecular flexibility index (Phi) is 8.32. The Labute approximate surface area is 216 Å². The zero-order valence-electron chi connectivity index (χ0n) is 20.6. The van der Waals surface area contributed by atoms with Crippen molar-refractivity contribution in [3.63, 3.8) is 0 Å². The van der Waals surface area contributed by atoms with Crippen molar-refractivity contribution in [1.82, 2.24) is 14.8 Å². The lowest BCUT2D eigenvalue weighted by atomic mass is 10.1. The van der Waals surface area contributed by atoms with Gasteiger partial charge in [-0.3, -0.25) is 4.99 Å². The maximum Gasteiger partial charge on any atom is 0.161 e. The van der Waals surface area contributed by atoms with Gasteiger partial charge in [-0.25, -0.2) is 18.4 Å². The van der Waals surface area contributed by atoms with Crippen molar-refractivity contribution >= 4 is 36.5 Å². The van der Waals surface area contributed by atoms with Crippen molar-refractivity contribution in [3.05, 3.63) is 82.3 Å². The lowest BCUT2D eigenvalue weighted by Gasteiger charge is -2.15. The molecule has 0 aliphatic carbocycles. The van der Waals surface area contributed by atoms with E-state index in [1.165, 1.54) is 23.0 Å². The summed E-state index contributed by atoms with van der Waals surface area (Å²) in [6, 6.07) is 10.1. The van der Waals surface area contributed by atoms with Crippen LogP contribution in [0.2, 0.25) is 5.02 Å². The Morgan fingerprint density at radius 2 is 2.00 bits per heavy atom. The summed E-state index contributed by atoms with van der Waals surface area (Å²) in [7, 11) is 0.592. The summed E-state index contributed by atoms with van der Waals surface area (Å²) in [5.74, 6) is 0.208. The number of nitrogens with zero attached hydrogens (tertiary/aromatic N) is 4. The molecule has 0 aliphatic heterocycles. The molecule has 4 rings (SSSR count). The van der Waals surface area contributed by atoms with Crippen LogP contribution in [0.5, 0.6) is 5.75 Å². The average molecular weight is 529 g/mol. The first-order valence-corrected chi connectivity index (χ1v) is 13.5. The summed E-state index contributed by atoms with van der Waals surface area (Å²) in [5.41, 5.74) is 4.54. The van der Waals surface area contributed by atoms with E-state index in [4.69, 9.17) is 21.3 Å². The van der Waals surface area contributed by atoms with Gasteiger partial charge in [0, 0.05) is 22.1 Å². The Morgan fingerprint density at radius 3 is 2.69 bits per heavy atom. The molecule has 9 heteroatoms. The molecule has 4 aromatic rings. The molecule has 2 aromatic heterocycles. The smallest absolute Gasteiger partial charge is 0.161 e. The summed E-state index contributed by atoms with van der Waals surface area (Å²) in [6.45, 7) is 8.73. The Hall–Kier alpha value is -2.89. The minimum Gasteiger partial charge on any atom is -0.487 e. The molecule has 0 radical (unpaired) electrons. The number of benzene rings is 2. The number of aryl methyl sites for hydroxylation is 1. The largest absolute Gasteiger partial charge is 0.487 e. The van der Waals surface area contributed by atoms with Crippen LogP contribution in [-0.2, 0) is 13.2 Å². The van der Waals surface area contributed by atoms with Crippen LogP contribution in [0.4, 0.5) is 8.78 Å². The van der Waals surface area contributed by atoms with E-state index in [-0.39, 0.29) is 6.61 Å². The van der Waals surface area contributed by atoms with Crippen LogP contribution in [-0.4, -0.2) is 26.9 Å². The highest BCUT2D eigenvalue weighted by Crippen LogP contribution is 2.31. The SMILES string of the molecule is CPC(CC(C)C)=NCc1cc(F)cc(Cl)c1COc1cccc2c(-n3cc(F)cn3)cc(C)nc12. The van der Waals surface area contributed by atoms with Gasteiger partial charge in [0.2, 0.25) is 0 Å². The van der Waals surface area contributed by atoms with Gasteiger partial charge >= 0.3 is 0 Å². The molecule has 0 bridgehead atoms. The summed E-state index contributed by atoms with van der Waals surface area (Å²) < 4.78 is 35.5. The van der Waals surface area contributed by atoms with Crippen molar-refractivity contribution in [2.75, 3.05) is 6.66 Å². The molecule has 36 heavy (non-hydrogen) atoms. The average Bonchev–Trinajstić information content (AvgIpc) is 3.26. The number of aromatic nitrogens is 3. The second-order valence-electron chi connectivity index (χ2n) is 8.96. The Balaban J connectivity index is 1.67. The third-order valence-electron chi connectivity index (χ3n) is 5.66. The van der Waals surface area contributed by atoms with E-state index < -0.39 is 11.6 Å². The fourth-order valence-electron chi connectivity index (χ4n) is 3.99. The number of fused-ring (bicyclic) bond motifs is 1. The van der Waals surface area contributed by atoms with Gasteiger partial charge in [0.15, 0.2) is 5.82 Å². The quantitative estimate of drug-likeness (QED) is 0.167. The molecule has 0 spiro atoms. The highest BCUT2D eigenvalue weighted by molar-refractivity contribution is 7.57. The molecule has 0 aliphatic rings. The van der Waals surface area contributed by atoms with Crippen molar-refractivity contribution < 1.29 is 13.5 Å². The standard InChI is InChI=1S/C27H28ClF2N4OP/c1-16(2)8-26(36-4)31-12-18-10-19(29)11-23(28)22(18)15-35-25-7-5-6-21-24(9-17(3)33-27(21)25)34-14-20(30)13-32-34/h5-7,9-11,13-14,16,36H,8,12,15H2,1-4H3. The molecule has 0 saturated heterocycles. The van der Waals surface area contributed by atoms with E-state index in [2.05, 4.69) is 30.6 Å². The van der Waals surface area contributed by atoms with Gasteiger partial charge in [0.05, 0.1) is 29.6 Å². The molecule has 5 nitrogen and oxygen atoms in total. The molecule has 0 amide bonds. The van der Waals surface area contributed by atoms with Gasteiger partial charge in [-0.15, -0.1) is 0 Å². The molecule has 1 unspecified atom stereocenters. The molecular weight excluding hydrogens is 501 g/mol. The van der Waals surface area contributed by atoms with Gasteiger partial charge in [-0.1, -0.05) is 46.2 Å². The molecule has 188 valence electrons. The number of hydrogen-bond donors (Lipinski definition) is 0. The highest BCUT2D eigenvalue weighted by atomic mass is 35.5. The van der Waals surface area contributed by atoms with Crippen LogP contribution in [0, 0.1) is 24.5 Å². The number of halogens is 3. The van der Waals surface area contributed by atoms with Crippen LogP contribution >= 0.6 is 20.2 Å². The van der Waals surface area contributed by atoms with Crippen molar-refractivity contribution in [2.45, 2.75) is 40.3 Å². The second kappa shape index (κ2) is 11.4. The predicted molar refractivity (Wildman–Crippen MR) is 144 cm³/mol. The van der Waals surface area contributed by atoms with Crippen LogP contribution in [0.25, 0.3) is 16.6 Å². The van der Waals surface area contributed by atoms with Gasteiger partial charge in [-0.05, 0) is 55.8 Å². The summed E-state index contributed by atoms with van der Waals surface area (Å²) in [5, 5.41) is 5.16. The highest BCUT2D eigenvalue weighted by Gasteiger charge is 2.15. The number of aliphatic imine (C=N–C) groups is 1. The fraction of sp³-hybridized carbons (Fsp3) is 0.296. The van der Waals surface area contributed by atoms with E-state index >= 15 is 0 Å². The molecule has 2 heterocycles. The maximum atomic E-state index is 14.2. The lowest BCUT2D eigenvalue weighted by Crippen LogP contribution is -2.05. The van der Waals surface area contributed by atoms with Gasteiger partial charge in [0.25, 0.3) is 0 Å². The zero-order valence-corrected chi connectivity index (χ0v) is 22.4. The summed E-state index contributed by atoms with van der Waals surface area (Å²) in [4.78, 5) is 9.42. The van der Waals surface area contributed by atoms with Crippen molar-refractivity contribution in [1.29, 1.82) is 0 Å². The third kappa shape index (κ3) is 6.08. The monoisotopic (exact) mass is 528 g/mol. The van der Waals surface area contributed by atoms with Crippen molar-refractivity contribution in [3.8, 4) is 11.4 Å². The number of pyridine rings is 1. The van der Waals surface area contributed by atoms with E-state index in [9.17, 15) is 8.78 Å². The lowest BCUT2D eigenvalue weighted by molar-refractivity contribution is 0.308. The second-order valence-corrected chi connectivity index (χ2v) is 10.4. The molecule has 0 N–H and O–H groups in total. The number of rotatable bonds is 9. The number of hydrogen-bond acceptors (Lipinski definition) is 4. The minimum absolute atomic E-state index is 0.123. The normalized spacial score (nSPS) is 12.4. The first-order chi connectivity index (χ1) is 17.2. The Morgan fingerprint density at radius 1 is 1.19 bits per heavy atom. The Bertz CT molecular complexity index is 1420.